The molecule has 1 saturated heterocycles. The molecule has 174 valence electrons. The summed E-state index contributed by atoms with van der Waals surface area (Å²) < 4.78 is 21.0. The number of aromatic nitrogens is 3. The Labute approximate surface area is 198 Å². The number of halogens is 1. The predicted molar refractivity (Wildman–Crippen MR) is 128 cm³/mol. The van der Waals surface area contributed by atoms with Gasteiger partial charge in [0.25, 0.3) is 0 Å². The van der Waals surface area contributed by atoms with Gasteiger partial charge in [0, 0.05) is 37.3 Å². The largest absolute Gasteiger partial charge is 0.379 e. The molecular formula is C25H29FN4O2S. The molecule has 8 heteroatoms. The lowest BCUT2D eigenvalue weighted by Gasteiger charge is -2.27. The van der Waals surface area contributed by atoms with E-state index in [9.17, 15) is 9.18 Å². The molecule has 2 aromatic carbocycles. The van der Waals surface area contributed by atoms with Crippen molar-refractivity contribution in [2.24, 2.45) is 0 Å². The summed E-state index contributed by atoms with van der Waals surface area (Å²) in [5, 5.41) is 9.20. The second-order valence-electron chi connectivity index (χ2n) is 8.36. The monoisotopic (exact) mass is 468 g/mol. The van der Waals surface area contributed by atoms with Gasteiger partial charge in [0.1, 0.15) is 5.82 Å². The predicted octanol–water partition coefficient (Wildman–Crippen LogP) is 4.40. The number of benzene rings is 2. The molecule has 2 heterocycles. The Kier molecular flexibility index (Phi) is 7.57. The average Bonchev–Trinajstić information content (AvgIpc) is 3.22. The summed E-state index contributed by atoms with van der Waals surface area (Å²) in [4.78, 5) is 15.6. The van der Waals surface area contributed by atoms with Crippen LogP contribution in [0.2, 0.25) is 0 Å². The van der Waals surface area contributed by atoms with Crippen LogP contribution in [0.5, 0.6) is 0 Å². The molecule has 0 amide bonds. The Morgan fingerprint density at radius 2 is 1.82 bits per heavy atom. The van der Waals surface area contributed by atoms with E-state index < -0.39 is 0 Å². The van der Waals surface area contributed by atoms with E-state index in [1.165, 1.54) is 23.9 Å². The minimum Gasteiger partial charge on any atom is -0.379 e. The molecule has 0 saturated carbocycles. The number of Topliss-reactive ketones (excluding diaryl/α,β-unsaturated/α-hetero) is 1. The van der Waals surface area contributed by atoms with Gasteiger partial charge in [-0.25, -0.2) is 4.39 Å². The number of thioether (sulfide) groups is 1. The number of carbonyl (C=O) groups excluding carboxylic acids is 1. The maximum Gasteiger partial charge on any atom is 0.192 e. The Hall–Kier alpha value is -2.55. The number of rotatable bonds is 8. The summed E-state index contributed by atoms with van der Waals surface area (Å²) in [5.74, 6) is 0.463. The number of hydrogen-bond acceptors (Lipinski definition) is 6. The van der Waals surface area contributed by atoms with Gasteiger partial charge < -0.3 is 9.30 Å². The summed E-state index contributed by atoms with van der Waals surface area (Å²) in [5.41, 5.74) is 3.58. The zero-order valence-corrected chi connectivity index (χ0v) is 20.1. The van der Waals surface area contributed by atoms with Crippen molar-refractivity contribution in [2.75, 3.05) is 32.8 Å². The van der Waals surface area contributed by atoms with Crippen LogP contribution < -0.4 is 0 Å². The van der Waals surface area contributed by atoms with Crippen LogP contribution in [0.4, 0.5) is 4.39 Å². The zero-order valence-electron chi connectivity index (χ0n) is 19.3. The minimum atomic E-state index is -0.321. The van der Waals surface area contributed by atoms with E-state index in [0.29, 0.717) is 17.5 Å². The van der Waals surface area contributed by atoms with Gasteiger partial charge in [0.05, 0.1) is 18.5 Å². The maximum absolute atomic E-state index is 13.5. The third-order valence-electron chi connectivity index (χ3n) is 5.87. The number of ether oxygens (including phenoxy) is 1. The zero-order chi connectivity index (χ0) is 23.4. The number of aryl methyl sites for hydroxylation is 2. The highest BCUT2D eigenvalue weighted by Crippen LogP contribution is 2.29. The Balaban J connectivity index is 1.58. The first-order valence-corrected chi connectivity index (χ1v) is 12.1. The standard InChI is InChI=1S/C25H29FN4O2S/c1-17-4-5-18(2)22(16-17)23(31)19(3)33-25-28-27-24(20-6-8-21(26)9-7-20)30(25)11-10-29-12-14-32-15-13-29/h4-9,16,19H,10-15H2,1-3H3. The van der Waals surface area contributed by atoms with Crippen molar-refractivity contribution in [3.63, 3.8) is 0 Å². The van der Waals surface area contributed by atoms with Gasteiger partial charge in [-0.1, -0.05) is 29.5 Å². The van der Waals surface area contributed by atoms with Crippen molar-refractivity contribution >= 4 is 17.5 Å². The lowest BCUT2D eigenvalue weighted by atomic mass is 10.0. The molecule has 0 aliphatic carbocycles. The molecule has 1 aliphatic rings. The van der Waals surface area contributed by atoms with Gasteiger partial charge in [0.15, 0.2) is 16.8 Å². The topological polar surface area (TPSA) is 60.2 Å². The number of ketones is 1. The summed E-state index contributed by atoms with van der Waals surface area (Å²) in [6.45, 7) is 10.6. The van der Waals surface area contributed by atoms with Crippen LogP contribution in [-0.2, 0) is 11.3 Å². The van der Waals surface area contributed by atoms with Gasteiger partial charge in [-0.15, -0.1) is 10.2 Å². The lowest BCUT2D eigenvalue weighted by Crippen LogP contribution is -2.38. The van der Waals surface area contributed by atoms with E-state index in [1.807, 2.05) is 43.5 Å². The van der Waals surface area contributed by atoms with Crippen molar-refractivity contribution in [3.05, 3.63) is 65.0 Å². The van der Waals surface area contributed by atoms with E-state index in [-0.39, 0.29) is 16.9 Å². The van der Waals surface area contributed by atoms with E-state index in [2.05, 4.69) is 15.1 Å². The van der Waals surface area contributed by atoms with Crippen LogP contribution in [0.3, 0.4) is 0 Å². The second kappa shape index (κ2) is 10.6. The van der Waals surface area contributed by atoms with Crippen LogP contribution in [0, 0.1) is 19.7 Å². The molecule has 1 aromatic heterocycles. The summed E-state index contributed by atoms with van der Waals surface area (Å²) in [6.07, 6.45) is 0. The van der Waals surface area contributed by atoms with E-state index in [4.69, 9.17) is 4.74 Å². The molecule has 1 unspecified atom stereocenters. The SMILES string of the molecule is Cc1ccc(C)c(C(=O)C(C)Sc2nnc(-c3ccc(F)cc3)n2CCN2CCOCC2)c1. The van der Waals surface area contributed by atoms with Gasteiger partial charge in [0.2, 0.25) is 0 Å². The normalized spacial score (nSPS) is 15.5. The molecule has 0 bridgehead atoms. The lowest BCUT2D eigenvalue weighted by molar-refractivity contribution is 0.0361. The number of morpholine rings is 1. The molecule has 1 aliphatic heterocycles. The molecule has 0 spiro atoms. The average molecular weight is 469 g/mol. The van der Waals surface area contributed by atoms with Crippen LogP contribution in [0.1, 0.15) is 28.4 Å². The van der Waals surface area contributed by atoms with Gasteiger partial charge in [-0.3, -0.25) is 9.69 Å². The summed E-state index contributed by atoms with van der Waals surface area (Å²) >= 11 is 1.42. The Morgan fingerprint density at radius 1 is 1.09 bits per heavy atom. The molecule has 0 radical (unpaired) electrons. The van der Waals surface area contributed by atoms with Crippen LogP contribution in [0.25, 0.3) is 11.4 Å². The maximum atomic E-state index is 13.5. The first kappa shape index (κ1) is 23.6. The first-order valence-electron chi connectivity index (χ1n) is 11.2. The summed E-state index contributed by atoms with van der Waals surface area (Å²) in [7, 11) is 0. The van der Waals surface area contributed by atoms with Gasteiger partial charge >= 0.3 is 0 Å². The van der Waals surface area contributed by atoms with Crippen LogP contribution >= 0.6 is 11.8 Å². The number of hydrogen-bond donors (Lipinski definition) is 0. The van der Waals surface area contributed by atoms with Crippen LogP contribution in [-0.4, -0.2) is 63.5 Å². The molecule has 3 aromatic rings. The van der Waals surface area contributed by atoms with E-state index in [0.717, 1.165) is 55.1 Å². The van der Waals surface area contributed by atoms with E-state index in [1.54, 1.807) is 12.1 Å². The first-order chi connectivity index (χ1) is 15.9. The van der Waals surface area contributed by atoms with Gasteiger partial charge in [-0.05, 0) is 56.7 Å². The van der Waals surface area contributed by atoms with Crippen molar-refractivity contribution in [1.29, 1.82) is 0 Å². The third kappa shape index (κ3) is 5.69. The fourth-order valence-corrected chi connectivity index (χ4v) is 4.83. The van der Waals surface area contributed by atoms with Crippen molar-refractivity contribution < 1.29 is 13.9 Å². The molecule has 1 fully saturated rings. The van der Waals surface area contributed by atoms with E-state index >= 15 is 0 Å². The minimum absolute atomic E-state index is 0.0762. The fraction of sp³-hybridized carbons (Fsp3) is 0.400. The Morgan fingerprint density at radius 3 is 2.55 bits per heavy atom. The smallest absolute Gasteiger partial charge is 0.192 e. The Bertz CT molecular complexity index is 1110. The molecule has 6 nitrogen and oxygen atoms in total. The third-order valence-corrected chi connectivity index (χ3v) is 6.95. The second-order valence-corrected chi connectivity index (χ2v) is 9.67. The molecule has 1 atom stereocenters. The molecule has 0 N–H and O–H groups in total. The van der Waals surface area contributed by atoms with Crippen molar-refractivity contribution in [2.45, 2.75) is 37.7 Å². The number of carbonyl (C=O) groups is 1. The highest BCUT2D eigenvalue weighted by Gasteiger charge is 2.23. The fourth-order valence-electron chi connectivity index (χ4n) is 3.89. The molecular weight excluding hydrogens is 439 g/mol. The molecule has 33 heavy (non-hydrogen) atoms. The molecule has 4 rings (SSSR count). The highest BCUT2D eigenvalue weighted by atomic mass is 32.2. The van der Waals surface area contributed by atoms with Crippen molar-refractivity contribution in [1.82, 2.24) is 19.7 Å². The summed E-state index contributed by atoms with van der Waals surface area (Å²) in [6, 6.07) is 12.2. The number of nitrogens with zero attached hydrogens (tertiary/aromatic N) is 4. The quantitative estimate of drug-likeness (QED) is 0.361. The van der Waals surface area contributed by atoms with Crippen LogP contribution in [0.15, 0.2) is 47.6 Å². The van der Waals surface area contributed by atoms with Gasteiger partial charge in [-0.2, -0.15) is 0 Å². The highest BCUT2D eigenvalue weighted by molar-refractivity contribution is 8.00. The van der Waals surface area contributed by atoms with Crippen molar-refractivity contribution in [3.8, 4) is 11.4 Å².